The molecule has 0 aliphatic carbocycles. The van der Waals surface area contributed by atoms with E-state index in [1.54, 1.807) is 7.11 Å². The van der Waals surface area contributed by atoms with E-state index < -0.39 is 0 Å². The quantitative estimate of drug-likeness (QED) is 0.624. The zero-order valence-corrected chi connectivity index (χ0v) is 17.5. The Morgan fingerprint density at radius 1 is 1.30 bits per heavy atom. The molecule has 4 heterocycles. The lowest BCUT2D eigenvalue weighted by molar-refractivity contribution is -0.133. The van der Waals surface area contributed by atoms with Crippen molar-refractivity contribution in [1.82, 2.24) is 25.1 Å². The number of carbonyl (C=O) groups is 1. The lowest BCUT2D eigenvalue weighted by Gasteiger charge is -2.32. The minimum atomic E-state index is 0.153. The van der Waals surface area contributed by atoms with Gasteiger partial charge in [0.1, 0.15) is 0 Å². The third-order valence-electron chi connectivity index (χ3n) is 5.54. The first-order chi connectivity index (χ1) is 14.6. The first kappa shape index (κ1) is 20.3. The van der Waals surface area contributed by atoms with Crippen LogP contribution in [0.5, 0.6) is 0 Å². The monoisotopic (exact) mass is 408 g/mol. The molecule has 1 fully saturated rings. The van der Waals surface area contributed by atoms with Gasteiger partial charge in [0.25, 0.3) is 0 Å². The maximum absolute atomic E-state index is 12.4. The summed E-state index contributed by atoms with van der Waals surface area (Å²) >= 11 is 0. The van der Waals surface area contributed by atoms with E-state index >= 15 is 0 Å². The normalized spacial score (nSPS) is 16.7. The Morgan fingerprint density at radius 2 is 2.20 bits per heavy atom. The molecule has 0 unspecified atom stereocenters. The van der Waals surface area contributed by atoms with Gasteiger partial charge in [0.15, 0.2) is 11.5 Å². The number of anilines is 1. The van der Waals surface area contributed by atoms with Crippen molar-refractivity contribution in [2.45, 2.75) is 38.6 Å². The minimum Gasteiger partial charge on any atom is -0.384 e. The fourth-order valence-electron chi connectivity index (χ4n) is 3.95. The number of nitrogens with zero attached hydrogens (tertiary/aromatic N) is 4. The molecule has 8 heteroatoms. The van der Waals surface area contributed by atoms with Crippen LogP contribution in [0.2, 0.25) is 0 Å². The number of hydrogen-bond acceptors (Lipinski definition) is 6. The van der Waals surface area contributed by atoms with Crippen molar-refractivity contribution < 1.29 is 9.53 Å². The summed E-state index contributed by atoms with van der Waals surface area (Å²) in [4.78, 5) is 23.6. The van der Waals surface area contributed by atoms with Crippen molar-refractivity contribution in [2.24, 2.45) is 0 Å². The average Bonchev–Trinajstić information content (AvgIpc) is 3.18. The van der Waals surface area contributed by atoms with Crippen molar-refractivity contribution in [2.75, 3.05) is 32.1 Å². The molecule has 0 saturated carbocycles. The number of aromatic nitrogens is 4. The van der Waals surface area contributed by atoms with Crippen LogP contribution in [0.4, 0.5) is 5.82 Å². The number of amides is 1. The topological polar surface area (TPSA) is 96.0 Å². The van der Waals surface area contributed by atoms with Gasteiger partial charge >= 0.3 is 0 Å². The largest absolute Gasteiger partial charge is 0.384 e. The SMILES string of the molecule is COCCC(=O)N1CCC[C@@H](c2ccc3c(NCc4cccc(C)n4)n[nH]c3n2)C1. The Labute approximate surface area is 176 Å². The lowest BCUT2D eigenvalue weighted by Crippen LogP contribution is -2.39. The molecule has 30 heavy (non-hydrogen) atoms. The molecule has 0 aromatic carbocycles. The molecule has 158 valence electrons. The van der Waals surface area contributed by atoms with E-state index in [9.17, 15) is 4.79 Å². The number of aryl methyl sites for hydroxylation is 1. The summed E-state index contributed by atoms with van der Waals surface area (Å²) in [5.41, 5.74) is 3.73. The van der Waals surface area contributed by atoms with Crippen LogP contribution < -0.4 is 5.32 Å². The second-order valence-corrected chi connectivity index (χ2v) is 7.75. The van der Waals surface area contributed by atoms with Gasteiger partial charge in [-0.3, -0.25) is 14.9 Å². The molecule has 4 rings (SSSR count). The molecule has 1 aliphatic heterocycles. The second kappa shape index (κ2) is 9.21. The zero-order chi connectivity index (χ0) is 20.9. The van der Waals surface area contributed by atoms with Crippen LogP contribution in [0.25, 0.3) is 11.0 Å². The molecular weight excluding hydrogens is 380 g/mol. The number of carbonyl (C=O) groups excluding carboxylic acids is 1. The van der Waals surface area contributed by atoms with Gasteiger partial charge in [0, 0.05) is 37.5 Å². The summed E-state index contributed by atoms with van der Waals surface area (Å²) in [5.74, 6) is 1.17. The van der Waals surface area contributed by atoms with Crippen LogP contribution in [0, 0.1) is 6.92 Å². The molecule has 1 aliphatic rings. The number of pyridine rings is 2. The highest BCUT2D eigenvalue weighted by Crippen LogP contribution is 2.28. The molecule has 3 aromatic heterocycles. The summed E-state index contributed by atoms with van der Waals surface area (Å²) in [6, 6.07) is 10.1. The fraction of sp³-hybridized carbons (Fsp3) is 0.455. The van der Waals surface area contributed by atoms with E-state index in [2.05, 4.69) is 32.6 Å². The van der Waals surface area contributed by atoms with E-state index in [0.29, 0.717) is 26.1 Å². The second-order valence-electron chi connectivity index (χ2n) is 7.75. The van der Waals surface area contributed by atoms with Gasteiger partial charge in [0.05, 0.1) is 30.7 Å². The molecule has 0 spiro atoms. The number of nitrogens with one attached hydrogen (secondary N) is 2. The van der Waals surface area contributed by atoms with Crippen LogP contribution in [-0.4, -0.2) is 57.8 Å². The van der Waals surface area contributed by atoms with E-state index in [4.69, 9.17) is 9.72 Å². The highest BCUT2D eigenvalue weighted by Gasteiger charge is 2.25. The van der Waals surface area contributed by atoms with Crippen molar-refractivity contribution in [3.05, 3.63) is 47.4 Å². The molecule has 0 radical (unpaired) electrons. The van der Waals surface area contributed by atoms with E-state index in [-0.39, 0.29) is 11.8 Å². The van der Waals surface area contributed by atoms with Gasteiger partial charge in [-0.05, 0) is 44.0 Å². The fourth-order valence-corrected chi connectivity index (χ4v) is 3.95. The highest BCUT2D eigenvalue weighted by molar-refractivity contribution is 5.87. The first-order valence-electron chi connectivity index (χ1n) is 10.4. The smallest absolute Gasteiger partial charge is 0.224 e. The predicted molar refractivity (Wildman–Crippen MR) is 115 cm³/mol. The Morgan fingerprint density at radius 3 is 3.03 bits per heavy atom. The van der Waals surface area contributed by atoms with Gasteiger partial charge in [-0.15, -0.1) is 0 Å². The van der Waals surface area contributed by atoms with Crippen LogP contribution >= 0.6 is 0 Å². The van der Waals surface area contributed by atoms with Crippen molar-refractivity contribution in [3.63, 3.8) is 0 Å². The number of fused-ring (bicyclic) bond motifs is 1. The molecule has 0 bridgehead atoms. The number of likely N-dealkylation sites (tertiary alicyclic amines) is 1. The maximum Gasteiger partial charge on any atom is 0.224 e. The zero-order valence-electron chi connectivity index (χ0n) is 17.5. The van der Waals surface area contributed by atoms with Crippen LogP contribution in [0.3, 0.4) is 0 Å². The van der Waals surface area contributed by atoms with Crippen molar-refractivity contribution >= 4 is 22.8 Å². The number of ether oxygens (including phenoxy) is 1. The van der Waals surface area contributed by atoms with E-state index in [0.717, 1.165) is 53.3 Å². The molecule has 2 N–H and O–H groups in total. The number of aromatic amines is 1. The number of methoxy groups -OCH3 is 1. The van der Waals surface area contributed by atoms with Gasteiger partial charge < -0.3 is 15.0 Å². The number of piperidine rings is 1. The number of hydrogen-bond donors (Lipinski definition) is 2. The standard InChI is InChI=1S/C22H28N6O2/c1-15-5-3-7-17(24-15)13-23-21-18-8-9-19(25-22(18)27-26-21)16-6-4-11-28(14-16)20(29)10-12-30-2/h3,5,7-9,16H,4,6,10-14H2,1-2H3,(H2,23,25,26,27)/t16-/m1/s1. The van der Waals surface area contributed by atoms with Gasteiger partial charge in [-0.1, -0.05) is 6.07 Å². The summed E-state index contributed by atoms with van der Waals surface area (Å²) < 4.78 is 5.04. The van der Waals surface area contributed by atoms with Gasteiger partial charge in [0.2, 0.25) is 5.91 Å². The Balaban J connectivity index is 1.44. The molecule has 1 amide bonds. The molecule has 1 atom stereocenters. The summed E-state index contributed by atoms with van der Waals surface area (Å²) in [6.07, 6.45) is 2.45. The average molecular weight is 409 g/mol. The third kappa shape index (κ3) is 4.59. The number of H-pyrrole nitrogens is 1. The molecular formula is C22H28N6O2. The van der Waals surface area contributed by atoms with E-state index in [1.807, 2.05) is 30.0 Å². The summed E-state index contributed by atoms with van der Waals surface area (Å²) in [7, 11) is 1.62. The number of rotatable bonds is 7. The third-order valence-corrected chi connectivity index (χ3v) is 5.54. The van der Waals surface area contributed by atoms with Crippen molar-refractivity contribution in [3.8, 4) is 0 Å². The predicted octanol–water partition coefficient (Wildman–Crippen LogP) is 3.02. The Bertz CT molecular complexity index is 1020. The first-order valence-corrected chi connectivity index (χ1v) is 10.4. The molecule has 8 nitrogen and oxygen atoms in total. The molecule has 3 aromatic rings. The summed E-state index contributed by atoms with van der Waals surface area (Å²) in [6.45, 7) is 4.57. The maximum atomic E-state index is 12.4. The van der Waals surface area contributed by atoms with Crippen LogP contribution in [0.1, 0.15) is 42.3 Å². The van der Waals surface area contributed by atoms with Crippen LogP contribution in [-0.2, 0) is 16.1 Å². The van der Waals surface area contributed by atoms with Crippen molar-refractivity contribution in [1.29, 1.82) is 0 Å². The Hall–Kier alpha value is -3.00. The highest BCUT2D eigenvalue weighted by atomic mass is 16.5. The molecule has 1 saturated heterocycles. The Kier molecular flexibility index (Phi) is 6.23. The van der Waals surface area contributed by atoms with Crippen LogP contribution in [0.15, 0.2) is 30.3 Å². The minimum absolute atomic E-state index is 0.153. The summed E-state index contributed by atoms with van der Waals surface area (Å²) in [5, 5.41) is 11.7. The van der Waals surface area contributed by atoms with E-state index in [1.165, 1.54) is 0 Å². The van der Waals surface area contributed by atoms with Gasteiger partial charge in [-0.25, -0.2) is 4.98 Å². The lowest BCUT2D eigenvalue weighted by atomic mass is 9.94. The van der Waals surface area contributed by atoms with Gasteiger partial charge in [-0.2, -0.15) is 5.10 Å².